The van der Waals surface area contributed by atoms with Crippen molar-refractivity contribution in [3.05, 3.63) is 16.5 Å². The van der Waals surface area contributed by atoms with Crippen molar-refractivity contribution in [3.8, 4) is 0 Å². The van der Waals surface area contributed by atoms with Gasteiger partial charge in [0.15, 0.2) is 0 Å². The molecule has 0 unspecified atom stereocenters. The fourth-order valence-corrected chi connectivity index (χ4v) is 2.18. The van der Waals surface area contributed by atoms with E-state index in [4.69, 9.17) is 0 Å². The summed E-state index contributed by atoms with van der Waals surface area (Å²) in [4.78, 5) is 11.3. The van der Waals surface area contributed by atoms with Gasteiger partial charge in [-0.05, 0) is 28.8 Å². The third-order valence-electron chi connectivity index (χ3n) is 2.65. The summed E-state index contributed by atoms with van der Waals surface area (Å²) in [6.45, 7) is 6.49. The molecule has 1 aliphatic rings. The Morgan fingerprint density at radius 2 is 1.93 bits per heavy atom. The van der Waals surface area contributed by atoms with Crippen molar-refractivity contribution in [3.63, 3.8) is 0 Å². The topological polar surface area (TPSA) is 29.0 Å². The molecule has 82 valence electrons. The molecule has 3 nitrogen and oxygen atoms in total. The van der Waals surface area contributed by atoms with Crippen LogP contribution in [-0.2, 0) is 0 Å². The van der Waals surface area contributed by atoms with Gasteiger partial charge in [0.1, 0.15) is 16.2 Å². The standard InChI is InChI=1S/C11H16BrN3/c1-8(2)11-13-9(12)7-10(14-11)15-5-3-4-6-15/h7-8H,3-6H2,1-2H3. The second-order valence-corrected chi connectivity index (χ2v) is 5.07. The van der Waals surface area contributed by atoms with Crippen LogP contribution < -0.4 is 4.90 Å². The lowest BCUT2D eigenvalue weighted by Crippen LogP contribution is -2.20. The largest absolute Gasteiger partial charge is 0.356 e. The number of halogens is 1. The van der Waals surface area contributed by atoms with Gasteiger partial charge in [-0.3, -0.25) is 0 Å². The highest BCUT2D eigenvalue weighted by Crippen LogP contribution is 2.23. The SMILES string of the molecule is CC(C)c1nc(Br)cc(N2CCCC2)n1. The number of hydrogen-bond acceptors (Lipinski definition) is 3. The van der Waals surface area contributed by atoms with E-state index in [2.05, 4.69) is 44.6 Å². The molecule has 1 saturated heterocycles. The lowest BCUT2D eigenvalue weighted by Gasteiger charge is -2.17. The summed E-state index contributed by atoms with van der Waals surface area (Å²) in [5.74, 6) is 2.37. The van der Waals surface area contributed by atoms with Crippen molar-refractivity contribution in [1.29, 1.82) is 0 Å². The van der Waals surface area contributed by atoms with Gasteiger partial charge in [0, 0.05) is 25.1 Å². The minimum absolute atomic E-state index is 0.379. The highest BCUT2D eigenvalue weighted by Gasteiger charge is 2.16. The summed E-state index contributed by atoms with van der Waals surface area (Å²) in [7, 11) is 0. The molecule has 1 aromatic heterocycles. The Morgan fingerprint density at radius 3 is 2.53 bits per heavy atom. The second kappa shape index (κ2) is 4.47. The number of aromatic nitrogens is 2. The quantitative estimate of drug-likeness (QED) is 0.774. The van der Waals surface area contributed by atoms with E-state index in [1.165, 1.54) is 12.8 Å². The Labute approximate surface area is 99.0 Å². The van der Waals surface area contributed by atoms with Crippen LogP contribution in [-0.4, -0.2) is 23.1 Å². The molecule has 0 bridgehead atoms. The Hall–Kier alpha value is -0.640. The highest BCUT2D eigenvalue weighted by molar-refractivity contribution is 9.10. The van der Waals surface area contributed by atoms with Gasteiger partial charge in [-0.25, -0.2) is 9.97 Å². The summed E-state index contributed by atoms with van der Waals surface area (Å²) in [6.07, 6.45) is 2.55. The van der Waals surface area contributed by atoms with E-state index in [9.17, 15) is 0 Å². The molecule has 0 aromatic carbocycles. The van der Waals surface area contributed by atoms with Gasteiger partial charge in [-0.1, -0.05) is 13.8 Å². The van der Waals surface area contributed by atoms with E-state index in [1.54, 1.807) is 0 Å². The van der Waals surface area contributed by atoms with Crippen LogP contribution in [0.3, 0.4) is 0 Å². The molecular weight excluding hydrogens is 254 g/mol. The van der Waals surface area contributed by atoms with Crippen LogP contribution in [0.2, 0.25) is 0 Å². The van der Waals surface area contributed by atoms with Crippen molar-refractivity contribution >= 4 is 21.7 Å². The normalized spacial score (nSPS) is 16.4. The molecule has 0 aliphatic carbocycles. The predicted octanol–water partition coefficient (Wildman–Crippen LogP) is 2.96. The third-order valence-corrected chi connectivity index (χ3v) is 3.05. The first-order valence-electron chi connectivity index (χ1n) is 5.46. The molecule has 15 heavy (non-hydrogen) atoms. The highest BCUT2D eigenvalue weighted by atomic mass is 79.9. The van der Waals surface area contributed by atoms with Gasteiger partial charge in [-0.15, -0.1) is 0 Å². The predicted molar refractivity (Wildman–Crippen MR) is 65.3 cm³/mol. The van der Waals surface area contributed by atoms with Crippen molar-refractivity contribution in [2.75, 3.05) is 18.0 Å². The molecule has 0 saturated carbocycles. The van der Waals surface area contributed by atoms with Gasteiger partial charge in [0.05, 0.1) is 0 Å². The zero-order valence-electron chi connectivity index (χ0n) is 9.20. The maximum absolute atomic E-state index is 4.60. The second-order valence-electron chi connectivity index (χ2n) is 4.26. The number of anilines is 1. The average Bonchev–Trinajstić information content (AvgIpc) is 2.69. The molecule has 0 amide bonds. The van der Waals surface area contributed by atoms with E-state index in [1.807, 2.05) is 6.07 Å². The van der Waals surface area contributed by atoms with Gasteiger partial charge in [0.2, 0.25) is 0 Å². The molecule has 0 atom stereocenters. The lowest BCUT2D eigenvalue weighted by atomic mass is 10.2. The molecule has 1 aliphatic heterocycles. The van der Waals surface area contributed by atoms with Gasteiger partial charge in [0.25, 0.3) is 0 Å². The van der Waals surface area contributed by atoms with Crippen LogP contribution in [0, 0.1) is 0 Å². The first-order chi connectivity index (χ1) is 7.16. The van der Waals surface area contributed by atoms with Crippen LogP contribution in [0.1, 0.15) is 38.4 Å². The van der Waals surface area contributed by atoms with Crippen molar-refractivity contribution in [1.82, 2.24) is 9.97 Å². The average molecular weight is 270 g/mol. The molecule has 4 heteroatoms. The van der Waals surface area contributed by atoms with Gasteiger partial charge in [-0.2, -0.15) is 0 Å². The Balaban J connectivity index is 2.30. The fourth-order valence-electron chi connectivity index (χ4n) is 1.79. The Morgan fingerprint density at radius 1 is 1.27 bits per heavy atom. The smallest absolute Gasteiger partial charge is 0.134 e. The zero-order chi connectivity index (χ0) is 10.8. The van der Waals surface area contributed by atoms with Crippen molar-refractivity contribution in [2.24, 2.45) is 0 Å². The molecule has 0 spiro atoms. The Bertz CT molecular complexity index is 346. The van der Waals surface area contributed by atoms with E-state index >= 15 is 0 Å². The first kappa shape index (κ1) is 10.9. The monoisotopic (exact) mass is 269 g/mol. The summed E-state index contributed by atoms with van der Waals surface area (Å²) in [6, 6.07) is 2.01. The van der Waals surface area contributed by atoms with Crippen LogP contribution in [0.5, 0.6) is 0 Å². The number of nitrogens with zero attached hydrogens (tertiary/aromatic N) is 3. The summed E-state index contributed by atoms with van der Waals surface area (Å²) in [5.41, 5.74) is 0. The maximum atomic E-state index is 4.60. The summed E-state index contributed by atoms with van der Waals surface area (Å²) in [5, 5.41) is 0. The number of rotatable bonds is 2. The van der Waals surface area contributed by atoms with Gasteiger partial charge >= 0.3 is 0 Å². The minimum Gasteiger partial charge on any atom is -0.356 e. The molecular formula is C11H16BrN3. The first-order valence-corrected chi connectivity index (χ1v) is 6.25. The van der Waals surface area contributed by atoms with E-state index in [-0.39, 0.29) is 0 Å². The molecule has 2 heterocycles. The minimum atomic E-state index is 0.379. The van der Waals surface area contributed by atoms with E-state index < -0.39 is 0 Å². The van der Waals surface area contributed by atoms with Crippen molar-refractivity contribution in [2.45, 2.75) is 32.6 Å². The van der Waals surface area contributed by atoms with Crippen molar-refractivity contribution < 1.29 is 0 Å². The molecule has 1 aromatic rings. The summed E-state index contributed by atoms with van der Waals surface area (Å²) >= 11 is 3.45. The van der Waals surface area contributed by atoms with Gasteiger partial charge < -0.3 is 4.90 Å². The maximum Gasteiger partial charge on any atom is 0.134 e. The molecule has 1 fully saturated rings. The fraction of sp³-hybridized carbons (Fsp3) is 0.636. The molecule has 2 rings (SSSR count). The third kappa shape index (κ3) is 2.48. The van der Waals surface area contributed by atoms with Crippen LogP contribution >= 0.6 is 15.9 Å². The lowest BCUT2D eigenvalue weighted by molar-refractivity contribution is 0.760. The van der Waals surface area contributed by atoms with E-state index in [0.717, 1.165) is 29.3 Å². The number of hydrogen-bond donors (Lipinski definition) is 0. The van der Waals surface area contributed by atoms with Crippen LogP contribution in [0.4, 0.5) is 5.82 Å². The molecule has 0 N–H and O–H groups in total. The molecule has 0 radical (unpaired) electrons. The van der Waals surface area contributed by atoms with Crippen LogP contribution in [0.25, 0.3) is 0 Å². The van der Waals surface area contributed by atoms with E-state index in [0.29, 0.717) is 5.92 Å². The van der Waals surface area contributed by atoms with Crippen LogP contribution in [0.15, 0.2) is 10.7 Å². The Kier molecular flexibility index (Phi) is 3.24. The zero-order valence-corrected chi connectivity index (χ0v) is 10.8. The summed E-state index contributed by atoms with van der Waals surface area (Å²) < 4.78 is 0.892.